The molecule has 294 valence electrons. The summed E-state index contributed by atoms with van der Waals surface area (Å²) in [5.74, 6) is 1.25. The molecule has 5 N–H and O–H groups in total. The van der Waals surface area contributed by atoms with E-state index in [1.165, 1.54) is 0 Å². The molecule has 0 aliphatic carbocycles. The minimum absolute atomic E-state index is 0.00883. The number of halogens is 2. The topological polar surface area (TPSA) is 210 Å². The molecule has 57 heavy (non-hydrogen) atoms. The van der Waals surface area contributed by atoms with Crippen molar-refractivity contribution >= 4 is 91.3 Å². The standard InChI is InChI=1S/C38H41Cl2N15O2/c1-19-13-23-17-21(3)29(52-41-5)31(56)27(23)25(15-19)44-36-47-33(39)46-35(50-36)43-7-8-54-9-11-55(12-10-54)38-49-34(40)48-37(51-38)45-26-16-20(2)14-24-18-22(4)30(53-42-6)32(57)28(24)26/h13-18,56-57H,7-12H2,1-6H3,(H,45,48,49,51)(H2,43,44,46,47,50). The van der Waals surface area contributed by atoms with Crippen LogP contribution in [0.4, 0.5) is 46.5 Å². The Morgan fingerprint density at radius 3 is 1.65 bits per heavy atom. The van der Waals surface area contributed by atoms with Gasteiger partial charge in [0.1, 0.15) is 11.4 Å². The zero-order chi connectivity index (χ0) is 40.4. The third kappa shape index (κ3) is 8.55. The summed E-state index contributed by atoms with van der Waals surface area (Å²) in [6.07, 6.45) is 0. The Morgan fingerprint density at radius 2 is 1.12 bits per heavy atom. The number of nitrogens with zero attached hydrogens (tertiary/aromatic N) is 12. The van der Waals surface area contributed by atoms with E-state index >= 15 is 0 Å². The van der Waals surface area contributed by atoms with Crippen LogP contribution in [0.5, 0.6) is 11.5 Å². The van der Waals surface area contributed by atoms with Crippen LogP contribution >= 0.6 is 23.2 Å². The molecule has 0 bridgehead atoms. The molecule has 3 heterocycles. The maximum Gasteiger partial charge on any atom is 0.233 e. The number of anilines is 6. The van der Waals surface area contributed by atoms with Crippen LogP contribution in [0, 0.1) is 27.7 Å². The number of benzene rings is 4. The first-order valence-corrected chi connectivity index (χ1v) is 18.9. The zero-order valence-corrected chi connectivity index (χ0v) is 33.7. The third-order valence-electron chi connectivity index (χ3n) is 9.50. The molecule has 1 saturated heterocycles. The Bertz CT molecular complexity index is 2560. The van der Waals surface area contributed by atoms with E-state index in [0.717, 1.165) is 46.1 Å². The molecule has 0 saturated carbocycles. The highest BCUT2D eigenvalue weighted by atomic mass is 35.5. The van der Waals surface area contributed by atoms with E-state index < -0.39 is 0 Å². The van der Waals surface area contributed by atoms with E-state index in [0.29, 0.717) is 71.6 Å². The number of phenols is 2. The van der Waals surface area contributed by atoms with Gasteiger partial charge in [-0.3, -0.25) is 4.90 Å². The van der Waals surface area contributed by atoms with Gasteiger partial charge in [0.25, 0.3) is 0 Å². The lowest BCUT2D eigenvalue weighted by Crippen LogP contribution is -2.48. The van der Waals surface area contributed by atoms with Gasteiger partial charge in [-0.15, -0.1) is 0 Å². The van der Waals surface area contributed by atoms with Gasteiger partial charge in [0.05, 0.1) is 11.4 Å². The monoisotopic (exact) mass is 809 g/mol. The van der Waals surface area contributed by atoms with E-state index in [1.807, 2.05) is 64.1 Å². The molecule has 7 rings (SSSR count). The normalized spacial score (nSPS) is 13.7. The van der Waals surface area contributed by atoms with Gasteiger partial charge in [-0.2, -0.15) is 50.4 Å². The molecule has 2 aromatic heterocycles. The van der Waals surface area contributed by atoms with Crippen LogP contribution in [-0.2, 0) is 0 Å². The summed E-state index contributed by atoms with van der Waals surface area (Å²) in [6, 6.07) is 11.7. The fourth-order valence-corrected chi connectivity index (χ4v) is 7.32. The molecule has 0 spiro atoms. The summed E-state index contributed by atoms with van der Waals surface area (Å²) in [7, 11) is 3.12. The van der Waals surface area contributed by atoms with Crippen molar-refractivity contribution in [3.8, 4) is 11.5 Å². The Balaban J connectivity index is 0.994. The molecule has 0 amide bonds. The second kappa shape index (κ2) is 16.6. The van der Waals surface area contributed by atoms with Crippen molar-refractivity contribution in [2.24, 2.45) is 20.5 Å². The Labute approximate surface area is 338 Å². The van der Waals surface area contributed by atoms with Crippen molar-refractivity contribution in [1.82, 2.24) is 34.8 Å². The number of piperazine rings is 1. The van der Waals surface area contributed by atoms with E-state index in [-0.39, 0.29) is 34.0 Å². The van der Waals surface area contributed by atoms with Crippen LogP contribution in [0.25, 0.3) is 21.5 Å². The molecule has 19 heteroatoms. The summed E-state index contributed by atoms with van der Waals surface area (Å²) in [6.45, 7) is 11.7. The molecule has 6 aromatic rings. The zero-order valence-electron chi connectivity index (χ0n) is 32.2. The number of phenolic OH excluding ortho intramolecular Hbond substituents is 2. The highest BCUT2D eigenvalue weighted by molar-refractivity contribution is 6.28. The van der Waals surface area contributed by atoms with Crippen molar-refractivity contribution in [2.45, 2.75) is 27.7 Å². The number of aryl methyl sites for hydroxylation is 4. The summed E-state index contributed by atoms with van der Waals surface area (Å²) < 4.78 is 0. The number of azo groups is 2. The average Bonchev–Trinajstić information content (AvgIpc) is 3.14. The third-order valence-corrected chi connectivity index (χ3v) is 9.84. The summed E-state index contributed by atoms with van der Waals surface area (Å²) in [4.78, 5) is 30.9. The summed E-state index contributed by atoms with van der Waals surface area (Å²) >= 11 is 12.7. The Kier molecular flexibility index (Phi) is 11.4. The SMILES string of the molecule is CN=Nc1c(C)cc2cc(C)cc(Nc3nc(Cl)nc(NCCN4CCN(c5nc(Cl)nc(Nc6cc(C)cc7cc(C)c(N=NC)c(O)c67)n5)CC4)n3)c2c1O. The van der Waals surface area contributed by atoms with Crippen LogP contribution in [0.1, 0.15) is 22.3 Å². The molecular formula is C38H41Cl2N15O2. The first kappa shape index (κ1) is 39.2. The molecular weight excluding hydrogens is 769 g/mol. The lowest BCUT2D eigenvalue weighted by atomic mass is 10.0. The van der Waals surface area contributed by atoms with Crippen LogP contribution in [0.3, 0.4) is 0 Å². The van der Waals surface area contributed by atoms with Crippen LogP contribution in [0.2, 0.25) is 10.6 Å². The number of hydrogen-bond acceptors (Lipinski definition) is 17. The molecule has 1 fully saturated rings. The summed E-state index contributed by atoms with van der Waals surface area (Å²) in [5, 5.41) is 51.0. The number of fused-ring (bicyclic) bond motifs is 2. The molecule has 0 unspecified atom stereocenters. The van der Waals surface area contributed by atoms with Crippen LogP contribution in [-0.4, -0.2) is 98.4 Å². The van der Waals surface area contributed by atoms with Gasteiger partial charge in [-0.1, -0.05) is 12.1 Å². The first-order chi connectivity index (χ1) is 27.4. The Hall–Kier alpha value is -6.04. The van der Waals surface area contributed by atoms with Gasteiger partial charge >= 0.3 is 0 Å². The van der Waals surface area contributed by atoms with Crippen LogP contribution in [0.15, 0.2) is 56.9 Å². The van der Waals surface area contributed by atoms with Crippen molar-refractivity contribution in [3.63, 3.8) is 0 Å². The van der Waals surface area contributed by atoms with Gasteiger partial charge in [0, 0.05) is 64.1 Å². The van der Waals surface area contributed by atoms with Crippen molar-refractivity contribution in [1.29, 1.82) is 0 Å². The average molecular weight is 811 g/mol. The van der Waals surface area contributed by atoms with Crippen molar-refractivity contribution < 1.29 is 10.2 Å². The lowest BCUT2D eigenvalue weighted by Gasteiger charge is -2.34. The van der Waals surface area contributed by atoms with Crippen molar-refractivity contribution in [3.05, 3.63) is 69.2 Å². The van der Waals surface area contributed by atoms with Gasteiger partial charge in [0.2, 0.25) is 34.4 Å². The van der Waals surface area contributed by atoms with Crippen LogP contribution < -0.4 is 20.9 Å². The lowest BCUT2D eigenvalue weighted by molar-refractivity contribution is 0.266. The number of aromatic hydroxyl groups is 2. The van der Waals surface area contributed by atoms with Gasteiger partial charge in [-0.25, -0.2) is 0 Å². The van der Waals surface area contributed by atoms with Crippen molar-refractivity contribution in [2.75, 3.05) is 74.2 Å². The van der Waals surface area contributed by atoms with Gasteiger partial charge in [-0.05, 0) is 108 Å². The van der Waals surface area contributed by atoms with E-state index in [1.54, 1.807) is 14.1 Å². The number of aromatic nitrogens is 6. The molecule has 1 aliphatic rings. The van der Waals surface area contributed by atoms with Gasteiger partial charge < -0.3 is 31.1 Å². The molecule has 0 atom stereocenters. The summed E-state index contributed by atoms with van der Waals surface area (Å²) in [5.41, 5.74) is 5.56. The predicted octanol–water partition coefficient (Wildman–Crippen LogP) is 8.46. The highest BCUT2D eigenvalue weighted by Gasteiger charge is 2.22. The fraction of sp³-hybridized carbons (Fsp3) is 0.316. The fourth-order valence-electron chi connectivity index (χ4n) is 7.01. The van der Waals surface area contributed by atoms with E-state index in [9.17, 15) is 10.2 Å². The predicted molar refractivity (Wildman–Crippen MR) is 224 cm³/mol. The highest BCUT2D eigenvalue weighted by Crippen LogP contribution is 2.44. The first-order valence-electron chi connectivity index (χ1n) is 18.1. The molecule has 4 aromatic carbocycles. The van der Waals surface area contributed by atoms with E-state index in [4.69, 9.17) is 28.2 Å². The minimum atomic E-state index is 0.00883. The minimum Gasteiger partial charge on any atom is -0.505 e. The maximum atomic E-state index is 11.2. The van der Waals surface area contributed by atoms with Gasteiger partial charge in [0.15, 0.2) is 11.5 Å². The molecule has 17 nitrogen and oxygen atoms in total. The van der Waals surface area contributed by atoms with E-state index in [2.05, 4.69) is 71.1 Å². The largest absolute Gasteiger partial charge is 0.505 e. The molecule has 0 radical (unpaired) electrons. The number of hydrogen-bond donors (Lipinski definition) is 5. The quantitative estimate of drug-likeness (QED) is 0.0779. The number of rotatable bonds is 11. The maximum absolute atomic E-state index is 11.2. The Morgan fingerprint density at radius 1 is 0.632 bits per heavy atom. The number of nitrogens with one attached hydrogen (secondary N) is 3. The second-order valence-electron chi connectivity index (χ2n) is 13.7. The molecule has 1 aliphatic heterocycles. The second-order valence-corrected chi connectivity index (χ2v) is 14.4. The smallest absolute Gasteiger partial charge is 0.233 e.